The van der Waals surface area contributed by atoms with E-state index >= 15 is 0 Å². The second-order valence-electron chi connectivity index (χ2n) is 6.06. The summed E-state index contributed by atoms with van der Waals surface area (Å²) in [4.78, 5) is 22.1. The van der Waals surface area contributed by atoms with E-state index in [1.54, 1.807) is 45.4 Å². The average molecular weight is 398 g/mol. The zero-order valence-corrected chi connectivity index (χ0v) is 15.9. The molecule has 1 aliphatic heterocycles. The molecule has 1 aliphatic rings. The fourth-order valence-electron chi connectivity index (χ4n) is 3.18. The van der Waals surface area contributed by atoms with E-state index in [-0.39, 0.29) is 5.56 Å². The van der Waals surface area contributed by atoms with Crippen LogP contribution in [0.2, 0.25) is 5.02 Å². The van der Waals surface area contributed by atoms with Gasteiger partial charge in [0, 0.05) is 27.9 Å². The summed E-state index contributed by atoms with van der Waals surface area (Å²) in [7, 11) is 0. The molecular formula is C19H12ClN3OS2. The molecule has 0 spiro atoms. The van der Waals surface area contributed by atoms with E-state index in [2.05, 4.69) is 16.8 Å². The van der Waals surface area contributed by atoms with Crippen LogP contribution in [-0.4, -0.2) is 14.5 Å². The standard InChI is InChI=1S/C19H12ClN3OS2/c20-13-1-2-15-16(8-13)22-17-11(3-5-23(17)19(15)24)7-14-10-26-18(21-14)12-4-6-25-9-12/h1-2,4,6-10H,3,5H2/b11-7+. The highest BCUT2D eigenvalue weighted by Gasteiger charge is 2.21. The first-order chi connectivity index (χ1) is 12.7. The van der Waals surface area contributed by atoms with Gasteiger partial charge in [-0.05, 0) is 47.7 Å². The van der Waals surface area contributed by atoms with E-state index in [0.29, 0.717) is 22.5 Å². The Labute approximate surface area is 162 Å². The molecule has 4 nitrogen and oxygen atoms in total. The van der Waals surface area contributed by atoms with E-state index in [9.17, 15) is 4.79 Å². The summed E-state index contributed by atoms with van der Waals surface area (Å²) >= 11 is 9.36. The van der Waals surface area contributed by atoms with Crippen molar-refractivity contribution in [2.24, 2.45) is 0 Å². The first-order valence-electron chi connectivity index (χ1n) is 8.08. The van der Waals surface area contributed by atoms with Crippen LogP contribution in [0.1, 0.15) is 17.9 Å². The van der Waals surface area contributed by atoms with E-state index in [0.717, 1.165) is 34.1 Å². The minimum absolute atomic E-state index is 0.0118. The fourth-order valence-corrected chi connectivity index (χ4v) is 4.83. The zero-order chi connectivity index (χ0) is 17.7. The highest BCUT2D eigenvalue weighted by atomic mass is 35.5. The first kappa shape index (κ1) is 15.9. The summed E-state index contributed by atoms with van der Waals surface area (Å²) in [6, 6.07) is 7.29. The third-order valence-corrected chi connectivity index (χ3v) is 6.25. The molecule has 4 heterocycles. The molecular weight excluding hydrogens is 386 g/mol. The van der Waals surface area contributed by atoms with Crippen molar-refractivity contribution < 1.29 is 0 Å². The van der Waals surface area contributed by atoms with Crippen molar-refractivity contribution in [3.05, 3.63) is 67.3 Å². The topological polar surface area (TPSA) is 47.8 Å². The van der Waals surface area contributed by atoms with Crippen LogP contribution in [0.4, 0.5) is 0 Å². The number of thiazole rings is 1. The van der Waals surface area contributed by atoms with Gasteiger partial charge in [0.15, 0.2) is 0 Å². The predicted octanol–water partition coefficient (Wildman–Crippen LogP) is 5.18. The van der Waals surface area contributed by atoms with Gasteiger partial charge in [0.25, 0.3) is 5.56 Å². The quantitative estimate of drug-likeness (QED) is 0.468. The van der Waals surface area contributed by atoms with Gasteiger partial charge < -0.3 is 0 Å². The number of hydrogen-bond acceptors (Lipinski definition) is 5. The molecule has 0 N–H and O–H groups in total. The Kier molecular flexibility index (Phi) is 3.77. The number of aromatic nitrogens is 3. The zero-order valence-electron chi connectivity index (χ0n) is 13.5. The SMILES string of the molecule is O=c1c2ccc(Cl)cc2nc2n1CC/C2=C\c1csc(-c2ccsc2)n1. The molecule has 0 radical (unpaired) electrons. The Morgan fingerprint density at radius 2 is 2.12 bits per heavy atom. The van der Waals surface area contributed by atoms with Gasteiger partial charge in [0.1, 0.15) is 10.8 Å². The molecule has 0 saturated carbocycles. The second-order valence-corrected chi connectivity index (χ2v) is 8.14. The van der Waals surface area contributed by atoms with Gasteiger partial charge in [0.05, 0.1) is 16.6 Å². The van der Waals surface area contributed by atoms with Gasteiger partial charge in [-0.15, -0.1) is 11.3 Å². The van der Waals surface area contributed by atoms with Crippen LogP contribution in [0, 0.1) is 0 Å². The highest BCUT2D eigenvalue weighted by molar-refractivity contribution is 7.14. The molecule has 128 valence electrons. The maximum Gasteiger partial charge on any atom is 0.261 e. The van der Waals surface area contributed by atoms with Crippen LogP contribution in [0.5, 0.6) is 0 Å². The second kappa shape index (κ2) is 6.16. The normalized spacial score (nSPS) is 15.0. The van der Waals surface area contributed by atoms with Gasteiger partial charge in [-0.3, -0.25) is 9.36 Å². The largest absolute Gasteiger partial charge is 0.292 e. The van der Waals surface area contributed by atoms with E-state index in [1.807, 2.05) is 11.5 Å². The number of nitrogens with zero attached hydrogens (tertiary/aromatic N) is 3. The molecule has 0 atom stereocenters. The maximum absolute atomic E-state index is 12.7. The van der Waals surface area contributed by atoms with Crippen molar-refractivity contribution in [2.75, 3.05) is 0 Å². The first-order valence-corrected chi connectivity index (χ1v) is 10.3. The summed E-state index contributed by atoms with van der Waals surface area (Å²) in [6.45, 7) is 0.646. The minimum atomic E-state index is -0.0118. The Morgan fingerprint density at radius 3 is 2.96 bits per heavy atom. The van der Waals surface area contributed by atoms with Crippen LogP contribution < -0.4 is 5.56 Å². The Balaban J connectivity index is 1.60. The lowest BCUT2D eigenvalue weighted by Crippen LogP contribution is -2.20. The highest BCUT2D eigenvalue weighted by Crippen LogP contribution is 2.30. The van der Waals surface area contributed by atoms with Gasteiger partial charge in [-0.2, -0.15) is 11.3 Å². The molecule has 0 fully saturated rings. The molecule has 7 heteroatoms. The van der Waals surface area contributed by atoms with Crippen LogP contribution in [0.25, 0.3) is 33.1 Å². The number of benzene rings is 1. The van der Waals surface area contributed by atoms with Crippen LogP contribution in [0.3, 0.4) is 0 Å². The smallest absolute Gasteiger partial charge is 0.261 e. The number of fused-ring (bicyclic) bond motifs is 2. The van der Waals surface area contributed by atoms with Crippen LogP contribution in [-0.2, 0) is 6.54 Å². The van der Waals surface area contributed by atoms with Crippen molar-refractivity contribution in [3.8, 4) is 10.6 Å². The van der Waals surface area contributed by atoms with E-state index < -0.39 is 0 Å². The molecule has 1 aromatic carbocycles. The third-order valence-electron chi connectivity index (χ3n) is 4.42. The summed E-state index contributed by atoms with van der Waals surface area (Å²) in [5.41, 5.74) is 3.71. The lowest BCUT2D eigenvalue weighted by molar-refractivity contribution is 0.725. The van der Waals surface area contributed by atoms with Crippen molar-refractivity contribution in [1.29, 1.82) is 0 Å². The fraction of sp³-hybridized carbons (Fsp3) is 0.105. The summed E-state index contributed by atoms with van der Waals surface area (Å²) in [6.07, 6.45) is 2.81. The number of thiophene rings is 1. The maximum atomic E-state index is 12.7. The number of halogens is 1. The van der Waals surface area contributed by atoms with Gasteiger partial charge in [-0.25, -0.2) is 9.97 Å². The Hall–Kier alpha value is -2.28. The van der Waals surface area contributed by atoms with Crippen molar-refractivity contribution >= 4 is 56.8 Å². The molecule has 4 aromatic rings. The summed E-state index contributed by atoms with van der Waals surface area (Å²) in [5, 5.41) is 8.38. The molecule has 0 aliphatic carbocycles. The summed E-state index contributed by atoms with van der Waals surface area (Å²) < 4.78 is 1.74. The lowest BCUT2D eigenvalue weighted by atomic mass is 10.2. The van der Waals surface area contributed by atoms with Crippen molar-refractivity contribution in [3.63, 3.8) is 0 Å². The Morgan fingerprint density at radius 1 is 1.19 bits per heavy atom. The number of rotatable bonds is 2. The molecule has 0 amide bonds. The lowest BCUT2D eigenvalue weighted by Gasteiger charge is -2.05. The Bertz CT molecular complexity index is 1220. The van der Waals surface area contributed by atoms with Crippen LogP contribution >= 0.6 is 34.3 Å². The number of hydrogen-bond donors (Lipinski definition) is 0. The average Bonchev–Trinajstić information content (AvgIpc) is 3.36. The molecule has 5 rings (SSSR count). The minimum Gasteiger partial charge on any atom is -0.292 e. The third kappa shape index (κ3) is 2.61. The van der Waals surface area contributed by atoms with Gasteiger partial charge in [0.2, 0.25) is 0 Å². The predicted molar refractivity (Wildman–Crippen MR) is 109 cm³/mol. The monoisotopic (exact) mass is 397 g/mol. The van der Waals surface area contributed by atoms with Crippen LogP contribution in [0.15, 0.2) is 45.2 Å². The summed E-state index contributed by atoms with van der Waals surface area (Å²) in [5.74, 6) is 0.717. The molecule has 0 unspecified atom stereocenters. The van der Waals surface area contributed by atoms with Crippen molar-refractivity contribution in [2.45, 2.75) is 13.0 Å². The molecule has 26 heavy (non-hydrogen) atoms. The van der Waals surface area contributed by atoms with Gasteiger partial charge in [-0.1, -0.05) is 11.6 Å². The van der Waals surface area contributed by atoms with E-state index in [4.69, 9.17) is 21.6 Å². The van der Waals surface area contributed by atoms with E-state index in [1.165, 1.54) is 0 Å². The molecule has 0 saturated heterocycles. The van der Waals surface area contributed by atoms with Crippen molar-refractivity contribution in [1.82, 2.24) is 14.5 Å². The molecule has 3 aromatic heterocycles. The molecule has 0 bridgehead atoms. The van der Waals surface area contributed by atoms with Gasteiger partial charge >= 0.3 is 0 Å². The number of allylic oxidation sites excluding steroid dienone is 1.